The topological polar surface area (TPSA) is 99.8 Å². The van der Waals surface area contributed by atoms with E-state index in [1.54, 1.807) is 12.4 Å². The van der Waals surface area contributed by atoms with Gasteiger partial charge >= 0.3 is 5.97 Å². The molecule has 4 aromatic rings. The van der Waals surface area contributed by atoms with Crippen molar-refractivity contribution in [1.82, 2.24) is 14.4 Å². The highest BCUT2D eigenvalue weighted by molar-refractivity contribution is 6.04. The number of carbonyl (C=O) groups excluding carboxylic acids is 1. The van der Waals surface area contributed by atoms with Gasteiger partial charge in [-0.05, 0) is 41.8 Å². The van der Waals surface area contributed by atoms with Crippen LogP contribution in [0.2, 0.25) is 0 Å². The molecule has 34 heavy (non-hydrogen) atoms. The minimum atomic E-state index is -0.929. The molecule has 174 valence electrons. The van der Waals surface area contributed by atoms with Gasteiger partial charge in [-0.2, -0.15) is 0 Å². The summed E-state index contributed by atoms with van der Waals surface area (Å²) in [6.45, 7) is 2.08. The van der Waals surface area contributed by atoms with Crippen molar-refractivity contribution in [1.29, 1.82) is 0 Å². The van der Waals surface area contributed by atoms with Crippen molar-refractivity contribution >= 4 is 29.0 Å². The Morgan fingerprint density at radius 3 is 2.32 bits per heavy atom. The molecule has 0 atom stereocenters. The number of anilines is 2. The maximum absolute atomic E-state index is 12.5. The fourth-order valence-electron chi connectivity index (χ4n) is 3.87. The number of amides is 1. The smallest absolute Gasteiger partial charge is 0.308 e. The van der Waals surface area contributed by atoms with Crippen LogP contribution in [0, 0.1) is 0 Å². The van der Waals surface area contributed by atoms with Gasteiger partial charge in [0.15, 0.2) is 0 Å². The summed E-state index contributed by atoms with van der Waals surface area (Å²) in [6.07, 6.45) is 4.74. The van der Waals surface area contributed by atoms with E-state index in [-0.39, 0.29) is 12.3 Å². The molecule has 2 aromatic heterocycles. The van der Waals surface area contributed by atoms with Gasteiger partial charge in [-0.15, -0.1) is 0 Å². The second-order valence-electron chi connectivity index (χ2n) is 8.29. The first-order chi connectivity index (χ1) is 16.4. The van der Waals surface area contributed by atoms with Crippen molar-refractivity contribution in [3.63, 3.8) is 0 Å². The van der Waals surface area contributed by atoms with Gasteiger partial charge in [0.2, 0.25) is 0 Å². The summed E-state index contributed by atoms with van der Waals surface area (Å²) >= 11 is 0. The Morgan fingerprint density at radius 2 is 1.71 bits per heavy atom. The Morgan fingerprint density at radius 1 is 1.03 bits per heavy atom. The van der Waals surface area contributed by atoms with Crippen molar-refractivity contribution in [3.8, 4) is 0 Å². The van der Waals surface area contributed by atoms with E-state index in [4.69, 9.17) is 4.98 Å². The third kappa shape index (κ3) is 4.91. The van der Waals surface area contributed by atoms with Crippen LogP contribution in [0.25, 0.3) is 5.65 Å². The number of carbonyl (C=O) groups is 2. The van der Waals surface area contributed by atoms with Crippen molar-refractivity contribution < 1.29 is 14.7 Å². The molecule has 0 fully saturated rings. The zero-order valence-corrected chi connectivity index (χ0v) is 19.4. The van der Waals surface area contributed by atoms with Gasteiger partial charge in [0.05, 0.1) is 6.42 Å². The van der Waals surface area contributed by atoms with Crippen molar-refractivity contribution in [2.45, 2.75) is 26.2 Å². The highest BCUT2D eigenvalue weighted by Crippen LogP contribution is 2.24. The Kier molecular flexibility index (Phi) is 6.58. The molecule has 8 heteroatoms. The molecule has 0 unspecified atom stereocenters. The SMILES string of the molecule is CCc1ccc(C(=O)Nc2ccc(Cc3nc(N(C)C)c(CC(=O)O)c4nccn34)cc2)cc1. The van der Waals surface area contributed by atoms with Crippen LogP contribution in [0.15, 0.2) is 60.9 Å². The molecule has 2 N–H and O–H groups in total. The van der Waals surface area contributed by atoms with Crippen molar-refractivity contribution in [2.75, 3.05) is 24.3 Å². The normalized spacial score (nSPS) is 10.9. The van der Waals surface area contributed by atoms with Crippen LogP contribution in [-0.4, -0.2) is 45.4 Å². The summed E-state index contributed by atoms with van der Waals surface area (Å²) < 4.78 is 1.83. The highest BCUT2D eigenvalue weighted by Gasteiger charge is 2.19. The lowest BCUT2D eigenvalue weighted by Crippen LogP contribution is -2.19. The first-order valence-corrected chi connectivity index (χ1v) is 11.1. The molecule has 4 rings (SSSR count). The monoisotopic (exact) mass is 457 g/mol. The molecule has 0 radical (unpaired) electrons. The van der Waals surface area contributed by atoms with E-state index < -0.39 is 5.97 Å². The summed E-state index contributed by atoms with van der Waals surface area (Å²) in [4.78, 5) is 34.9. The second-order valence-corrected chi connectivity index (χ2v) is 8.29. The average Bonchev–Trinajstić information content (AvgIpc) is 3.32. The third-order valence-corrected chi connectivity index (χ3v) is 5.64. The largest absolute Gasteiger partial charge is 0.481 e. The summed E-state index contributed by atoms with van der Waals surface area (Å²) in [7, 11) is 3.67. The Labute approximate surface area is 197 Å². The van der Waals surface area contributed by atoms with Gasteiger partial charge in [-0.25, -0.2) is 9.97 Å². The Balaban J connectivity index is 1.55. The molecular formula is C26H27N5O3. The summed E-state index contributed by atoms with van der Waals surface area (Å²) in [5.41, 5.74) is 4.69. The first kappa shape index (κ1) is 23.0. The van der Waals surface area contributed by atoms with E-state index in [9.17, 15) is 14.7 Å². The molecule has 0 aliphatic carbocycles. The van der Waals surface area contributed by atoms with Gasteiger partial charge in [0.25, 0.3) is 5.91 Å². The molecule has 2 aromatic carbocycles. The molecule has 2 heterocycles. The van der Waals surface area contributed by atoms with Crippen LogP contribution < -0.4 is 10.2 Å². The predicted molar refractivity (Wildman–Crippen MR) is 132 cm³/mol. The number of aromatic nitrogens is 3. The number of imidazole rings is 1. The van der Waals surface area contributed by atoms with Crippen molar-refractivity contribution in [2.24, 2.45) is 0 Å². The lowest BCUT2D eigenvalue weighted by Gasteiger charge is -2.18. The maximum atomic E-state index is 12.5. The number of rotatable bonds is 8. The first-order valence-electron chi connectivity index (χ1n) is 11.1. The summed E-state index contributed by atoms with van der Waals surface area (Å²) in [6, 6.07) is 15.2. The molecule has 0 saturated heterocycles. The van der Waals surface area contributed by atoms with Gasteiger partial charge in [0.1, 0.15) is 17.3 Å². The van der Waals surface area contributed by atoms with E-state index in [1.807, 2.05) is 71.9 Å². The molecule has 0 bridgehead atoms. The van der Waals surface area contributed by atoms with Crippen LogP contribution in [0.4, 0.5) is 11.5 Å². The highest BCUT2D eigenvalue weighted by atomic mass is 16.4. The number of nitrogens with one attached hydrogen (secondary N) is 1. The molecule has 0 aliphatic heterocycles. The number of aliphatic carboxylic acids is 1. The number of benzene rings is 2. The number of hydrogen-bond donors (Lipinski definition) is 2. The van der Waals surface area contributed by atoms with Crippen LogP contribution in [0.1, 0.15) is 39.8 Å². The Hall–Kier alpha value is -4.20. The number of carboxylic acid groups (broad SMARTS) is 1. The van der Waals surface area contributed by atoms with Gasteiger partial charge < -0.3 is 15.3 Å². The number of carboxylic acids is 1. The number of aryl methyl sites for hydroxylation is 1. The molecular weight excluding hydrogens is 430 g/mol. The van der Waals surface area contributed by atoms with E-state index in [2.05, 4.69) is 17.2 Å². The minimum absolute atomic E-state index is 0.151. The second kappa shape index (κ2) is 9.74. The van der Waals surface area contributed by atoms with Crippen LogP contribution in [-0.2, 0) is 24.1 Å². The molecule has 0 saturated carbocycles. The van der Waals surface area contributed by atoms with Gasteiger partial charge in [-0.1, -0.05) is 31.2 Å². The quantitative estimate of drug-likeness (QED) is 0.417. The standard InChI is InChI=1S/C26H27N5O3/c1-4-17-5-9-19(10-6-17)26(34)28-20-11-7-18(8-12-20)15-22-29-25(30(2)3)21(16-23(32)33)24-27-13-14-31(22)24/h5-14H,4,15-16H2,1-3H3,(H,28,34)(H,32,33). The van der Waals surface area contributed by atoms with Crippen LogP contribution in [0.3, 0.4) is 0 Å². The minimum Gasteiger partial charge on any atom is -0.481 e. The van der Waals surface area contributed by atoms with Crippen LogP contribution >= 0.6 is 0 Å². The lowest BCUT2D eigenvalue weighted by molar-refractivity contribution is -0.136. The van der Waals surface area contributed by atoms with Gasteiger partial charge in [-0.3, -0.25) is 14.0 Å². The predicted octanol–water partition coefficient (Wildman–Crippen LogP) is 3.83. The van der Waals surface area contributed by atoms with Crippen molar-refractivity contribution in [3.05, 3.63) is 89.0 Å². The Bertz CT molecular complexity index is 1330. The van der Waals surface area contributed by atoms with Gasteiger partial charge in [0, 0.05) is 49.7 Å². The molecule has 1 amide bonds. The van der Waals surface area contributed by atoms with E-state index >= 15 is 0 Å². The molecule has 8 nitrogen and oxygen atoms in total. The molecule has 0 aliphatic rings. The average molecular weight is 458 g/mol. The number of fused-ring (bicyclic) bond motifs is 1. The fourth-order valence-corrected chi connectivity index (χ4v) is 3.87. The lowest BCUT2D eigenvalue weighted by atomic mass is 10.1. The van der Waals surface area contributed by atoms with E-state index in [0.717, 1.165) is 17.8 Å². The maximum Gasteiger partial charge on any atom is 0.308 e. The van der Waals surface area contributed by atoms with Crippen LogP contribution in [0.5, 0.6) is 0 Å². The van der Waals surface area contributed by atoms with E-state index in [1.165, 1.54) is 5.56 Å². The summed E-state index contributed by atoms with van der Waals surface area (Å²) in [5, 5.41) is 12.3. The fraction of sp³-hybridized carbons (Fsp3) is 0.231. The zero-order chi connectivity index (χ0) is 24.2. The summed E-state index contributed by atoms with van der Waals surface area (Å²) in [5.74, 6) is 0.260. The zero-order valence-electron chi connectivity index (χ0n) is 19.4. The number of nitrogens with zero attached hydrogens (tertiary/aromatic N) is 4. The third-order valence-electron chi connectivity index (χ3n) is 5.64. The molecule has 0 spiro atoms. The van der Waals surface area contributed by atoms with E-state index in [0.29, 0.717) is 34.7 Å². The number of hydrogen-bond acceptors (Lipinski definition) is 5.